The first kappa shape index (κ1) is 19.5. The molecule has 0 saturated carbocycles. The van der Waals surface area contributed by atoms with Gasteiger partial charge >= 0.3 is 0 Å². The van der Waals surface area contributed by atoms with Gasteiger partial charge in [0.05, 0.1) is 11.4 Å². The number of halogens is 1. The average molecular weight is 384 g/mol. The maximum atomic E-state index is 4.90. The van der Waals surface area contributed by atoms with Crippen LogP contribution in [0.3, 0.4) is 0 Å². The van der Waals surface area contributed by atoms with Crippen LogP contribution in [0.1, 0.15) is 18.4 Å². The van der Waals surface area contributed by atoms with Crippen molar-refractivity contribution in [3.8, 4) is 16.9 Å². The van der Waals surface area contributed by atoms with Crippen LogP contribution >= 0.6 is 12.4 Å². The molecule has 1 fully saturated rings. The van der Waals surface area contributed by atoms with Gasteiger partial charge in [-0.15, -0.1) is 12.4 Å². The van der Waals surface area contributed by atoms with E-state index in [2.05, 4.69) is 40.6 Å². The van der Waals surface area contributed by atoms with Crippen LogP contribution in [-0.2, 0) is 6.54 Å². The number of nitrogens with one attached hydrogen (secondary N) is 1. The van der Waals surface area contributed by atoms with Gasteiger partial charge in [0.2, 0.25) is 0 Å². The summed E-state index contributed by atoms with van der Waals surface area (Å²) in [6, 6.07) is 15.0. The SMILES string of the molecule is CNC1CCCN(Cc2cn(-c3ccccc3)nc2-c2ccncc2)C1.Cl. The zero-order chi connectivity index (χ0) is 17.8. The summed E-state index contributed by atoms with van der Waals surface area (Å²) >= 11 is 0. The van der Waals surface area contributed by atoms with Gasteiger partial charge in [0, 0.05) is 48.8 Å². The second-order valence-electron chi connectivity index (χ2n) is 6.88. The fraction of sp³-hybridized carbons (Fsp3) is 0.333. The molecule has 1 aromatic carbocycles. The van der Waals surface area contributed by atoms with Gasteiger partial charge < -0.3 is 5.32 Å². The highest BCUT2D eigenvalue weighted by atomic mass is 35.5. The van der Waals surface area contributed by atoms with E-state index in [9.17, 15) is 0 Å². The first-order valence-corrected chi connectivity index (χ1v) is 9.27. The number of pyridine rings is 1. The van der Waals surface area contributed by atoms with Gasteiger partial charge in [0.1, 0.15) is 0 Å². The Bertz CT molecular complexity index is 834. The lowest BCUT2D eigenvalue weighted by molar-refractivity contribution is 0.188. The van der Waals surface area contributed by atoms with Crippen molar-refractivity contribution >= 4 is 12.4 Å². The van der Waals surface area contributed by atoms with E-state index in [4.69, 9.17) is 5.10 Å². The van der Waals surface area contributed by atoms with Crippen LogP contribution in [0.2, 0.25) is 0 Å². The summed E-state index contributed by atoms with van der Waals surface area (Å²) in [4.78, 5) is 6.68. The fourth-order valence-electron chi connectivity index (χ4n) is 3.67. The number of likely N-dealkylation sites (tertiary alicyclic amines) is 1. The molecule has 5 nitrogen and oxygen atoms in total. The highest BCUT2D eigenvalue weighted by molar-refractivity contribution is 5.85. The lowest BCUT2D eigenvalue weighted by atomic mass is 10.0. The molecule has 1 unspecified atom stereocenters. The fourth-order valence-corrected chi connectivity index (χ4v) is 3.67. The van der Waals surface area contributed by atoms with Crippen LogP contribution in [0.4, 0.5) is 0 Å². The molecule has 27 heavy (non-hydrogen) atoms. The van der Waals surface area contributed by atoms with Crippen molar-refractivity contribution in [2.75, 3.05) is 20.1 Å². The molecule has 1 saturated heterocycles. The first-order chi connectivity index (χ1) is 12.8. The van der Waals surface area contributed by atoms with E-state index >= 15 is 0 Å². The second kappa shape index (κ2) is 9.13. The summed E-state index contributed by atoms with van der Waals surface area (Å²) in [5.41, 5.74) is 4.51. The van der Waals surface area contributed by atoms with E-state index in [1.54, 1.807) is 0 Å². The van der Waals surface area contributed by atoms with Crippen LogP contribution in [0.5, 0.6) is 0 Å². The minimum Gasteiger partial charge on any atom is -0.316 e. The molecule has 1 N–H and O–H groups in total. The van der Waals surface area contributed by atoms with Crippen molar-refractivity contribution in [2.24, 2.45) is 0 Å². The van der Waals surface area contributed by atoms with Crippen LogP contribution in [0.15, 0.2) is 61.1 Å². The topological polar surface area (TPSA) is 46.0 Å². The molecular weight excluding hydrogens is 358 g/mol. The summed E-state index contributed by atoms with van der Waals surface area (Å²) < 4.78 is 1.99. The van der Waals surface area contributed by atoms with Crippen molar-refractivity contribution in [3.05, 3.63) is 66.6 Å². The predicted octanol–water partition coefficient (Wildman–Crippen LogP) is 3.54. The third kappa shape index (κ3) is 4.56. The number of para-hydroxylation sites is 1. The normalized spacial score (nSPS) is 17.4. The van der Waals surface area contributed by atoms with Gasteiger partial charge in [-0.25, -0.2) is 4.68 Å². The summed E-state index contributed by atoms with van der Waals surface area (Å²) in [7, 11) is 2.06. The largest absolute Gasteiger partial charge is 0.316 e. The molecule has 0 bridgehead atoms. The Morgan fingerprint density at radius 2 is 1.89 bits per heavy atom. The number of likely N-dealkylation sites (N-methyl/N-ethyl adjacent to an activating group) is 1. The monoisotopic (exact) mass is 383 g/mol. The number of hydrogen-bond acceptors (Lipinski definition) is 4. The predicted molar refractivity (Wildman–Crippen MR) is 111 cm³/mol. The standard InChI is InChI=1S/C21H25N5.ClH/c1-22-19-6-5-13-25(16-19)14-18-15-26(20-7-3-2-4-8-20)24-21(18)17-9-11-23-12-10-17;/h2-4,7-12,15,19,22H,5-6,13-14,16H2,1H3;1H. The highest BCUT2D eigenvalue weighted by Gasteiger charge is 2.21. The van der Waals surface area contributed by atoms with Crippen LogP contribution < -0.4 is 5.32 Å². The lowest BCUT2D eigenvalue weighted by Gasteiger charge is -2.32. The third-order valence-corrected chi connectivity index (χ3v) is 5.07. The average Bonchev–Trinajstić information content (AvgIpc) is 3.13. The minimum absolute atomic E-state index is 0. The molecule has 1 atom stereocenters. The molecule has 0 spiro atoms. The van der Waals surface area contributed by atoms with Gasteiger partial charge in [0.15, 0.2) is 0 Å². The Morgan fingerprint density at radius 3 is 2.63 bits per heavy atom. The molecule has 1 aliphatic rings. The Morgan fingerprint density at radius 1 is 1.11 bits per heavy atom. The van der Waals surface area contributed by atoms with E-state index in [1.165, 1.54) is 18.4 Å². The molecule has 4 rings (SSSR count). The maximum absolute atomic E-state index is 4.90. The minimum atomic E-state index is 0. The maximum Gasteiger partial charge on any atom is 0.0973 e. The number of nitrogens with zero attached hydrogens (tertiary/aromatic N) is 4. The van der Waals surface area contributed by atoms with E-state index in [-0.39, 0.29) is 12.4 Å². The molecule has 0 radical (unpaired) electrons. The molecule has 3 aromatic rings. The first-order valence-electron chi connectivity index (χ1n) is 9.27. The lowest BCUT2D eigenvalue weighted by Crippen LogP contribution is -2.43. The van der Waals surface area contributed by atoms with Gasteiger partial charge in [-0.2, -0.15) is 5.10 Å². The molecule has 3 heterocycles. The van der Waals surface area contributed by atoms with Crippen molar-refractivity contribution in [3.63, 3.8) is 0 Å². The summed E-state index contributed by atoms with van der Waals surface area (Å²) in [6.45, 7) is 3.15. The van der Waals surface area contributed by atoms with Crippen molar-refractivity contribution in [2.45, 2.75) is 25.4 Å². The van der Waals surface area contributed by atoms with E-state index in [1.807, 2.05) is 47.4 Å². The number of aromatic nitrogens is 3. The smallest absolute Gasteiger partial charge is 0.0973 e. The molecule has 2 aromatic heterocycles. The molecule has 6 heteroatoms. The van der Waals surface area contributed by atoms with Gasteiger partial charge in [0.25, 0.3) is 0 Å². The molecule has 142 valence electrons. The quantitative estimate of drug-likeness (QED) is 0.732. The van der Waals surface area contributed by atoms with E-state index in [0.717, 1.165) is 36.6 Å². The van der Waals surface area contributed by atoms with Crippen LogP contribution in [0, 0.1) is 0 Å². The van der Waals surface area contributed by atoms with Crippen molar-refractivity contribution in [1.82, 2.24) is 25.0 Å². The number of rotatable bonds is 5. The Hall–Kier alpha value is -2.21. The molecular formula is C21H26ClN5. The Kier molecular flexibility index (Phi) is 6.61. The Balaban J connectivity index is 0.00000210. The molecule has 1 aliphatic heterocycles. The Labute approximate surface area is 166 Å². The summed E-state index contributed by atoms with van der Waals surface area (Å²) in [5.74, 6) is 0. The zero-order valence-corrected chi connectivity index (χ0v) is 16.4. The van der Waals surface area contributed by atoms with E-state index < -0.39 is 0 Å². The number of piperidine rings is 1. The third-order valence-electron chi connectivity index (χ3n) is 5.07. The van der Waals surface area contributed by atoms with Crippen molar-refractivity contribution < 1.29 is 0 Å². The highest BCUT2D eigenvalue weighted by Crippen LogP contribution is 2.25. The second-order valence-corrected chi connectivity index (χ2v) is 6.88. The number of hydrogen-bond donors (Lipinski definition) is 1. The van der Waals surface area contributed by atoms with Crippen molar-refractivity contribution in [1.29, 1.82) is 0 Å². The molecule has 0 aliphatic carbocycles. The summed E-state index contributed by atoms with van der Waals surface area (Å²) in [5, 5.41) is 8.33. The van der Waals surface area contributed by atoms with Crippen LogP contribution in [0.25, 0.3) is 16.9 Å². The van der Waals surface area contributed by atoms with Gasteiger partial charge in [-0.05, 0) is 50.7 Å². The summed E-state index contributed by atoms with van der Waals surface area (Å²) in [6.07, 6.45) is 8.33. The number of benzene rings is 1. The van der Waals surface area contributed by atoms with Gasteiger partial charge in [-0.3, -0.25) is 9.88 Å². The molecule has 0 amide bonds. The van der Waals surface area contributed by atoms with Crippen LogP contribution in [-0.4, -0.2) is 45.8 Å². The van der Waals surface area contributed by atoms with Gasteiger partial charge in [-0.1, -0.05) is 18.2 Å². The van der Waals surface area contributed by atoms with E-state index in [0.29, 0.717) is 6.04 Å². The zero-order valence-electron chi connectivity index (χ0n) is 15.6.